The van der Waals surface area contributed by atoms with Crippen molar-refractivity contribution in [3.05, 3.63) is 47.6 Å². The highest BCUT2D eigenvalue weighted by molar-refractivity contribution is 7.13. The second-order valence-corrected chi connectivity index (χ2v) is 5.29. The molecule has 0 fully saturated rings. The van der Waals surface area contributed by atoms with Crippen molar-refractivity contribution in [1.82, 2.24) is 14.8 Å². The quantitative estimate of drug-likeness (QED) is 0.715. The molecule has 1 radical (unpaired) electrons. The van der Waals surface area contributed by atoms with Crippen LogP contribution >= 0.6 is 11.3 Å². The third-order valence-electron chi connectivity index (χ3n) is 2.90. The van der Waals surface area contributed by atoms with Crippen LogP contribution in [0.2, 0.25) is 0 Å². The minimum atomic E-state index is -4.43. The number of hydrogen-bond acceptors (Lipinski definition) is 3. The third-order valence-corrected chi connectivity index (χ3v) is 3.78. The number of aryl methyl sites for hydroxylation is 1. The van der Waals surface area contributed by atoms with Crippen LogP contribution in [0.3, 0.4) is 0 Å². The molecule has 3 nitrogen and oxygen atoms in total. The fourth-order valence-electron chi connectivity index (χ4n) is 1.94. The predicted molar refractivity (Wildman–Crippen MR) is 73.6 cm³/mol. The molecule has 3 rings (SSSR count). The van der Waals surface area contributed by atoms with Crippen LogP contribution in [-0.4, -0.2) is 14.8 Å². The fraction of sp³-hybridized carbons (Fsp3) is 0.143. The van der Waals surface area contributed by atoms with Gasteiger partial charge in [0, 0.05) is 24.9 Å². The molecule has 7 heteroatoms. The molecule has 21 heavy (non-hydrogen) atoms. The second-order valence-electron chi connectivity index (χ2n) is 4.35. The van der Waals surface area contributed by atoms with Crippen LogP contribution in [0, 0.1) is 6.07 Å². The van der Waals surface area contributed by atoms with E-state index in [1.807, 2.05) is 17.5 Å². The maximum absolute atomic E-state index is 12.8. The van der Waals surface area contributed by atoms with Crippen LogP contribution in [0.15, 0.2) is 35.8 Å². The summed E-state index contributed by atoms with van der Waals surface area (Å²) in [5.41, 5.74) is 0.520. The highest BCUT2D eigenvalue weighted by atomic mass is 32.1. The van der Waals surface area contributed by atoms with Crippen molar-refractivity contribution in [2.45, 2.75) is 6.18 Å². The smallest absolute Gasteiger partial charge is 0.263 e. The number of alkyl halides is 3. The molecular weight excluding hydrogens is 299 g/mol. The molecule has 0 unspecified atom stereocenters. The van der Waals surface area contributed by atoms with Gasteiger partial charge in [-0.25, -0.2) is 0 Å². The van der Waals surface area contributed by atoms with Crippen LogP contribution in [0.1, 0.15) is 5.69 Å². The average Bonchev–Trinajstić information content (AvgIpc) is 3.07. The SMILES string of the molecule is Cn1nc(-c2[c]c(-c3cccs3)ncc2)cc1C(F)(F)F. The minimum Gasteiger partial charge on any atom is -0.263 e. The number of nitrogens with zero attached hydrogens (tertiary/aromatic N) is 3. The van der Waals surface area contributed by atoms with E-state index in [1.54, 1.807) is 12.3 Å². The second kappa shape index (κ2) is 5.00. The summed E-state index contributed by atoms with van der Waals surface area (Å²) < 4.78 is 39.2. The van der Waals surface area contributed by atoms with Gasteiger partial charge in [-0.05, 0) is 23.6 Å². The van der Waals surface area contributed by atoms with Crippen LogP contribution in [0.4, 0.5) is 13.2 Å². The van der Waals surface area contributed by atoms with Gasteiger partial charge in [-0.2, -0.15) is 18.3 Å². The summed E-state index contributed by atoms with van der Waals surface area (Å²) in [5.74, 6) is 0. The first-order valence-corrected chi connectivity index (χ1v) is 6.87. The Labute approximate surface area is 122 Å². The molecule has 3 aromatic rings. The topological polar surface area (TPSA) is 30.7 Å². The van der Waals surface area contributed by atoms with Crippen molar-refractivity contribution >= 4 is 11.3 Å². The first-order valence-electron chi connectivity index (χ1n) is 5.99. The highest BCUT2D eigenvalue weighted by Gasteiger charge is 2.35. The molecule has 0 atom stereocenters. The summed E-state index contributed by atoms with van der Waals surface area (Å²) in [6.07, 6.45) is -2.88. The van der Waals surface area contributed by atoms with Crippen LogP contribution in [0.5, 0.6) is 0 Å². The van der Waals surface area contributed by atoms with Crippen molar-refractivity contribution in [3.8, 4) is 21.8 Å². The largest absolute Gasteiger partial charge is 0.433 e. The number of rotatable bonds is 2. The zero-order valence-corrected chi connectivity index (χ0v) is 11.7. The molecule has 0 spiro atoms. The fourth-order valence-corrected chi connectivity index (χ4v) is 2.62. The van der Waals surface area contributed by atoms with E-state index >= 15 is 0 Å². The lowest BCUT2D eigenvalue weighted by Crippen LogP contribution is -2.11. The molecule has 3 heterocycles. The van der Waals surface area contributed by atoms with Gasteiger partial charge in [-0.3, -0.25) is 9.67 Å². The van der Waals surface area contributed by atoms with Gasteiger partial charge in [0.05, 0.1) is 16.3 Å². The van der Waals surface area contributed by atoms with E-state index in [0.29, 0.717) is 11.3 Å². The van der Waals surface area contributed by atoms with Crippen LogP contribution in [-0.2, 0) is 13.2 Å². The van der Waals surface area contributed by atoms with E-state index in [0.717, 1.165) is 15.6 Å². The lowest BCUT2D eigenvalue weighted by atomic mass is 10.1. The molecule has 0 aliphatic heterocycles. The molecule has 107 valence electrons. The minimum absolute atomic E-state index is 0.227. The molecule has 0 aliphatic carbocycles. The summed E-state index contributed by atoms with van der Waals surface area (Å²) in [5, 5.41) is 5.81. The first-order chi connectivity index (χ1) is 9.95. The zero-order chi connectivity index (χ0) is 15.0. The van der Waals surface area contributed by atoms with Gasteiger partial charge in [-0.15, -0.1) is 11.3 Å². The lowest BCUT2D eigenvalue weighted by Gasteiger charge is -2.04. The van der Waals surface area contributed by atoms with Gasteiger partial charge in [0.2, 0.25) is 0 Å². The molecule has 3 aromatic heterocycles. The summed E-state index contributed by atoms with van der Waals surface area (Å²) in [6.45, 7) is 0. The van der Waals surface area contributed by atoms with Crippen molar-refractivity contribution in [1.29, 1.82) is 0 Å². The zero-order valence-electron chi connectivity index (χ0n) is 10.8. The van der Waals surface area contributed by atoms with E-state index in [-0.39, 0.29) is 5.69 Å². The van der Waals surface area contributed by atoms with E-state index in [9.17, 15) is 13.2 Å². The first kappa shape index (κ1) is 13.8. The molecule has 0 aliphatic rings. The number of aromatic nitrogens is 3. The maximum Gasteiger partial charge on any atom is 0.433 e. The van der Waals surface area contributed by atoms with Crippen LogP contribution < -0.4 is 0 Å². The molecular formula is C14H9F3N3S. The Bertz CT molecular complexity index is 760. The van der Waals surface area contributed by atoms with Crippen molar-refractivity contribution in [3.63, 3.8) is 0 Å². The number of hydrogen-bond donors (Lipinski definition) is 0. The third kappa shape index (κ3) is 2.69. The Kier molecular flexibility index (Phi) is 3.29. The molecule has 0 aromatic carbocycles. The van der Waals surface area contributed by atoms with Crippen molar-refractivity contribution < 1.29 is 13.2 Å². The van der Waals surface area contributed by atoms with Gasteiger partial charge >= 0.3 is 6.18 Å². The summed E-state index contributed by atoms with van der Waals surface area (Å²) >= 11 is 1.49. The average molecular weight is 308 g/mol. The Hall–Kier alpha value is -2.15. The highest BCUT2D eigenvalue weighted by Crippen LogP contribution is 2.32. The summed E-state index contributed by atoms with van der Waals surface area (Å²) in [7, 11) is 1.27. The Balaban J connectivity index is 2.04. The number of pyridine rings is 1. The van der Waals surface area contributed by atoms with Gasteiger partial charge in [0.25, 0.3) is 0 Å². The molecule has 0 saturated heterocycles. The molecule has 0 N–H and O–H groups in total. The number of thiophene rings is 1. The lowest BCUT2D eigenvalue weighted by molar-refractivity contribution is -0.143. The molecule has 0 amide bonds. The molecule has 0 saturated carbocycles. The Morgan fingerprint density at radius 1 is 1.29 bits per heavy atom. The predicted octanol–water partition coefficient (Wildman–Crippen LogP) is 4.03. The van der Waals surface area contributed by atoms with E-state index < -0.39 is 11.9 Å². The molecule has 0 bridgehead atoms. The normalized spacial score (nSPS) is 11.8. The van der Waals surface area contributed by atoms with E-state index in [1.165, 1.54) is 18.4 Å². The van der Waals surface area contributed by atoms with Gasteiger partial charge in [0.1, 0.15) is 5.69 Å². The number of halogens is 3. The Morgan fingerprint density at radius 2 is 2.10 bits per heavy atom. The standard InChI is InChI=1S/C14H9F3N3S/c1-20-13(14(15,16)17)8-10(19-20)9-4-5-18-11(7-9)12-3-2-6-21-12/h2-6,8H,1H3. The van der Waals surface area contributed by atoms with Crippen molar-refractivity contribution in [2.75, 3.05) is 0 Å². The van der Waals surface area contributed by atoms with Gasteiger partial charge < -0.3 is 0 Å². The van der Waals surface area contributed by atoms with Gasteiger partial charge in [-0.1, -0.05) is 6.07 Å². The van der Waals surface area contributed by atoms with Crippen LogP contribution in [0.25, 0.3) is 21.8 Å². The van der Waals surface area contributed by atoms with E-state index in [4.69, 9.17) is 0 Å². The Morgan fingerprint density at radius 3 is 2.71 bits per heavy atom. The van der Waals surface area contributed by atoms with Crippen molar-refractivity contribution in [2.24, 2.45) is 7.05 Å². The van der Waals surface area contributed by atoms with E-state index in [2.05, 4.69) is 16.1 Å². The summed E-state index contributed by atoms with van der Waals surface area (Å²) in [4.78, 5) is 5.09. The van der Waals surface area contributed by atoms with Gasteiger partial charge in [0.15, 0.2) is 0 Å². The summed E-state index contributed by atoms with van der Waals surface area (Å²) in [6, 6.07) is 9.39. The monoisotopic (exact) mass is 308 g/mol. The maximum atomic E-state index is 12.8.